The number of fused-ring (bicyclic) bond motifs is 2. The first kappa shape index (κ1) is 49.6. The Bertz CT molecular complexity index is 2790. The number of ether oxygens (including phenoxy) is 2. The summed E-state index contributed by atoms with van der Waals surface area (Å²) in [6, 6.07) is 28.1. The van der Waals surface area contributed by atoms with Crippen molar-refractivity contribution in [3.63, 3.8) is 0 Å². The predicted octanol–water partition coefficient (Wildman–Crippen LogP) is 12.4. The third-order valence-corrected chi connectivity index (χ3v) is 13.4. The average molecular weight is 1090 g/mol. The van der Waals surface area contributed by atoms with Crippen LogP contribution in [0.5, 0.6) is 11.5 Å². The van der Waals surface area contributed by atoms with Crippen LogP contribution in [0.1, 0.15) is 45.1 Å². The first-order valence-corrected chi connectivity index (χ1v) is 23.6. The van der Waals surface area contributed by atoms with Gasteiger partial charge in [0.1, 0.15) is 23.1 Å². The molecule has 1 N–H and O–H groups in total. The summed E-state index contributed by atoms with van der Waals surface area (Å²) in [6.45, 7) is 8.81. The number of benzene rings is 5. The van der Waals surface area contributed by atoms with Crippen LogP contribution in [0.25, 0.3) is 44.3 Å². The molecule has 2 aromatic heterocycles. The van der Waals surface area contributed by atoms with E-state index in [1.165, 1.54) is 12.1 Å². The molecule has 0 amide bonds. The number of nitrogens with one attached hydrogen (secondary N) is 1. The molecule has 2 aliphatic rings. The monoisotopic (exact) mass is 1090 g/mol. The molecule has 0 saturated carbocycles. The standard InChI is InChI=1S/C49H47Cl2F2IN8O2.2ClH/c1-3-63-43-25-30(26-44(45(43)54)64-4-2)29-60-23-19-34(20-24-60)62(49-57-42-16-14-32(51)28-38(42)47(59-49)36-10-6-8-12-40(36)53)61(33-17-21-55-22-18-33)48-56-41-15-13-31(50)27-37(41)46(58-48)35-9-5-7-11-39(35)52;;/h5-16,25-28,33-34,55H,3-4,17-24,29H2,1-2H3;2*1H. The van der Waals surface area contributed by atoms with Crippen LogP contribution in [0, 0.1) is 15.2 Å². The topological polar surface area (TPSA) is 91.8 Å². The van der Waals surface area contributed by atoms with E-state index in [9.17, 15) is 0 Å². The van der Waals surface area contributed by atoms with E-state index in [1.807, 2.05) is 26.0 Å². The summed E-state index contributed by atoms with van der Waals surface area (Å²) in [5, 5.41) is 10.0. The van der Waals surface area contributed by atoms with Gasteiger partial charge < -0.3 is 14.8 Å². The van der Waals surface area contributed by atoms with Gasteiger partial charge in [-0.2, -0.15) is 0 Å². The molecule has 7 aromatic rings. The highest BCUT2D eigenvalue weighted by Gasteiger charge is 2.38. The quantitative estimate of drug-likeness (QED) is 0.0889. The van der Waals surface area contributed by atoms with Crippen molar-refractivity contribution in [2.75, 3.05) is 49.4 Å². The Hall–Kier alpha value is -4.35. The summed E-state index contributed by atoms with van der Waals surface area (Å²) in [4.78, 5) is 23.5. The zero-order valence-electron chi connectivity index (χ0n) is 36.3. The number of hydrogen-bond acceptors (Lipinski definition) is 10. The Morgan fingerprint density at radius 1 is 0.652 bits per heavy atom. The van der Waals surface area contributed by atoms with Crippen LogP contribution in [0.2, 0.25) is 10.0 Å². The van der Waals surface area contributed by atoms with E-state index in [2.05, 4.69) is 55.0 Å². The SMILES string of the molecule is CCOc1cc(CN2CCC(N(c3nc(-c4ccccc4F)c4cc(Cl)ccc4n3)N(c3nc(-c4ccccc4F)c4cc(Cl)ccc4n3)C3CCNCC3)CC2)cc(OCC)c1I.Cl.Cl. The fourth-order valence-electron chi connectivity index (χ4n) is 8.84. The van der Waals surface area contributed by atoms with Crippen LogP contribution in [0.3, 0.4) is 0 Å². The normalized spacial score (nSPS) is 14.7. The van der Waals surface area contributed by atoms with Crippen LogP contribution < -0.4 is 24.8 Å². The molecule has 4 heterocycles. The lowest BCUT2D eigenvalue weighted by Gasteiger charge is -2.47. The minimum absolute atomic E-state index is 0. The molecule has 0 aliphatic carbocycles. The first-order valence-electron chi connectivity index (χ1n) is 21.7. The number of hydrogen-bond donors (Lipinski definition) is 1. The molecule has 9 rings (SSSR count). The maximum atomic E-state index is 15.9. The molecule has 0 unspecified atom stereocenters. The van der Waals surface area contributed by atoms with Gasteiger partial charge >= 0.3 is 0 Å². The second-order valence-electron chi connectivity index (χ2n) is 16.0. The summed E-state index contributed by atoms with van der Waals surface area (Å²) >= 11 is 15.5. The predicted molar refractivity (Wildman–Crippen MR) is 275 cm³/mol. The second-order valence-corrected chi connectivity index (χ2v) is 17.9. The van der Waals surface area contributed by atoms with E-state index in [1.54, 1.807) is 60.7 Å². The molecule has 17 heteroatoms. The third-order valence-electron chi connectivity index (χ3n) is 11.8. The maximum Gasteiger partial charge on any atom is 0.246 e. The lowest BCUT2D eigenvalue weighted by molar-refractivity contribution is 0.196. The summed E-state index contributed by atoms with van der Waals surface area (Å²) < 4.78 is 44.8. The Morgan fingerprint density at radius 3 is 1.56 bits per heavy atom. The van der Waals surface area contributed by atoms with Crippen molar-refractivity contribution in [3.8, 4) is 34.0 Å². The molecule has 0 radical (unpaired) electrons. The summed E-state index contributed by atoms with van der Waals surface area (Å²) in [6.07, 6.45) is 2.96. The van der Waals surface area contributed by atoms with Crippen LogP contribution in [-0.2, 0) is 6.54 Å². The second kappa shape index (κ2) is 22.2. The van der Waals surface area contributed by atoms with Gasteiger partial charge in [-0.05, 0) is 154 Å². The van der Waals surface area contributed by atoms with Crippen LogP contribution in [-0.4, -0.2) is 76.3 Å². The van der Waals surface area contributed by atoms with E-state index in [0.717, 1.165) is 72.5 Å². The van der Waals surface area contributed by atoms with E-state index in [4.69, 9.17) is 52.6 Å². The summed E-state index contributed by atoms with van der Waals surface area (Å²) in [5.74, 6) is 1.56. The van der Waals surface area contributed by atoms with E-state index in [0.29, 0.717) is 86.0 Å². The number of halogens is 7. The number of aromatic nitrogens is 4. The first-order chi connectivity index (χ1) is 31.2. The molecule has 2 aliphatic heterocycles. The van der Waals surface area contributed by atoms with Gasteiger partial charge in [0.2, 0.25) is 11.9 Å². The number of anilines is 2. The van der Waals surface area contributed by atoms with Gasteiger partial charge in [0, 0.05) is 51.6 Å². The molecule has 5 aromatic carbocycles. The molecular formula is C49H49Cl4F2IN8O2. The van der Waals surface area contributed by atoms with Gasteiger partial charge in [-0.15, -0.1) is 24.8 Å². The van der Waals surface area contributed by atoms with Crippen molar-refractivity contribution >= 4 is 104 Å². The fourth-order valence-corrected chi connectivity index (χ4v) is 9.81. The number of likely N-dealkylation sites (tertiary alicyclic amines) is 1. The Morgan fingerprint density at radius 2 is 1.11 bits per heavy atom. The van der Waals surface area contributed by atoms with Crippen molar-refractivity contribution < 1.29 is 18.3 Å². The molecular weight excluding hydrogens is 1040 g/mol. The minimum atomic E-state index is -0.412. The smallest absolute Gasteiger partial charge is 0.246 e. The highest BCUT2D eigenvalue weighted by Crippen LogP contribution is 2.39. The number of rotatable bonds is 13. The van der Waals surface area contributed by atoms with Crippen molar-refractivity contribution in [2.45, 2.75) is 58.2 Å². The number of piperidine rings is 2. The van der Waals surface area contributed by atoms with Gasteiger partial charge in [0.15, 0.2) is 0 Å². The molecule has 2 fully saturated rings. The third kappa shape index (κ3) is 10.5. The summed E-state index contributed by atoms with van der Waals surface area (Å²) in [7, 11) is 0. The van der Waals surface area contributed by atoms with Crippen molar-refractivity contribution in [3.05, 3.63) is 128 Å². The largest absolute Gasteiger partial charge is 0.493 e. The number of hydrazine groups is 1. The molecule has 0 atom stereocenters. The van der Waals surface area contributed by atoms with Gasteiger partial charge in [-0.1, -0.05) is 47.5 Å². The lowest BCUT2D eigenvalue weighted by atomic mass is 10.0. The summed E-state index contributed by atoms with van der Waals surface area (Å²) in [5.41, 5.74) is 3.83. The molecule has 10 nitrogen and oxygen atoms in total. The highest BCUT2D eigenvalue weighted by atomic mass is 127. The zero-order valence-corrected chi connectivity index (χ0v) is 41.6. The lowest BCUT2D eigenvalue weighted by Crippen LogP contribution is -2.59. The molecule has 0 bridgehead atoms. The van der Waals surface area contributed by atoms with Crippen LogP contribution in [0.4, 0.5) is 20.7 Å². The molecule has 2 saturated heterocycles. The van der Waals surface area contributed by atoms with Gasteiger partial charge in [0.25, 0.3) is 0 Å². The molecule has 66 heavy (non-hydrogen) atoms. The van der Waals surface area contributed by atoms with E-state index in [-0.39, 0.29) is 36.9 Å². The van der Waals surface area contributed by atoms with E-state index < -0.39 is 11.6 Å². The van der Waals surface area contributed by atoms with Gasteiger partial charge in [-0.25, -0.2) is 38.7 Å². The van der Waals surface area contributed by atoms with Crippen LogP contribution >= 0.6 is 70.6 Å². The van der Waals surface area contributed by atoms with E-state index >= 15 is 8.78 Å². The maximum absolute atomic E-state index is 15.9. The van der Waals surface area contributed by atoms with Gasteiger partial charge in [-0.3, -0.25) is 4.90 Å². The molecule has 346 valence electrons. The minimum Gasteiger partial charge on any atom is -0.493 e. The van der Waals surface area contributed by atoms with Crippen molar-refractivity contribution in [2.24, 2.45) is 0 Å². The number of nitrogens with zero attached hydrogens (tertiary/aromatic N) is 7. The Kier molecular flexibility index (Phi) is 16.6. The molecule has 0 spiro atoms. The van der Waals surface area contributed by atoms with Crippen molar-refractivity contribution in [1.82, 2.24) is 30.2 Å². The fraction of sp³-hybridized carbons (Fsp3) is 0.306. The Balaban J connectivity index is 0.00000324. The highest BCUT2D eigenvalue weighted by molar-refractivity contribution is 14.1. The van der Waals surface area contributed by atoms with Crippen molar-refractivity contribution in [1.29, 1.82) is 0 Å². The average Bonchev–Trinajstić information content (AvgIpc) is 3.30. The van der Waals surface area contributed by atoms with Gasteiger partial charge in [0.05, 0.1) is 51.3 Å². The zero-order chi connectivity index (χ0) is 44.3. The Labute approximate surface area is 419 Å². The van der Waals surface area contributed by atoms with Crippen LogP contribution in [0.15, 0.2) is 97.1 Å².